The number of benzene rings is 1. The van der Waals surface area contributed by atoms with Crippen molar-refractivity contribution < 1.29 is 9.53 Å². The van der Waals surface area contributed by atoms with Crippen molar-refractivity contribution >= 4 is 45.9 Å². The van der Waals surface area contributed by atoms with Crippen LogP contribution in [0.25, 0.3) is 16.6 Å². The Labute approximate surface area is 175 Å². The van der Waals surface area contributed by atoms with Gasteiger partial charge in [-0.1, -0.05) is 35.5 Å². The lowest BCUT2D eigenvalue weighted by Gasteiger charge is -2.12. The molecule has 0 saturated heterocycles. The quantitative estimate of drug-likeness (QED) is 0.265. The van der Waals surface area contributed by atoms with E-state index in [0.717, 1.165) is 11.3 Å². The molecule has 3 heterocycles. The lowest BCUT2D eigenvalue weighted by Crippen LogP contribution is -2.24. The van der Waals surface area contributed by atoms with E-state index in [0.29, 0.717) is 26.8 Å². The van der Waals surface area contributed by atoms with Crippen LogP contribution in [0.3, 0.4) is 0 Å². The smallest absolute Gasteiger partial charge is 0.307 e. The van der Waals surface area contributed by atoms with Gasteiger partial charge in [0.05, 0.1) is 35.2 Å². The molecule has 0 aliphatic rings. The molecule has 0 N–H and O–H groups in total. The van der Waals surface area contributed by atoms with Crippen LogP contribution in [0.5, 0.6) is 0 Å². The predicted molar refractivity (Wildman–Crippen MR) is 112 cm³/mol. The van der Waals surface area contributed by atoms with Crippen LogP contribution in [0.1, 0.15) is 12.1 Å². The molecule has 4 rings (SSSR count). The average molecular weight is 429 g/mol. The molecule has 0 aliphatic carbocycles. The number of esters is 1. The van der Waals surface area contributed by atoms with Gasteiger partial charge >= 0.3 is 5.97 Å². The molecule has 0 spiro atoms. The fourth-order valence-corrected chi connectivity index (χ4v) is 4.06. The van der Waals surface area contributed by atoms with Gasteiger partial charge in [-0.05, 0) is 24.3 Å². The van der Waals surface area contributed by atoms with Gasteiger partial charge in [0.1, 0.15) is 5.65 Å². The predicted octanol–water partition coefficient (Wildman–Crippen LogP) is 3.55. The van der Waals surface area contributed by atoms with Crippen molar-refractivity contribution in [2.45, 2.75) is 23.9 Å². The second kappa shape index (κ2) is 8.26. The van der Waals surface area contributed by atoms with E-state index in [9.17, 15) is 9.59 Å². The van der Waals surface area contributed by atoms with Crippen LogP contribution < -0.4 is 5.56 Å². The fourth-order valence-electron chi connectivity index (χ4n) is 2.99. The number of carbonyl (C=O) groups is 1. The number of nitrogens with zero attached hydrogens (tertiary/aromatic N) is 4. The van der Waals surface area contributed by atoms with Crippen LogP contribution in [-0.2, 0) is 21.8 Å². The van der Waals surface area contributed by atoms with Gasteiger partial charge in [0, 0.05) is 24.7 Å². The van der Waals surface area contributed by atoms with Crippen LogP contribution in [-0.4, -0.2) is 32.0 Å². The van der Waals surface area contributed by atoms with Crippen molar-refractivity contribution in [3.05, 3.63) is 69.9 Å². The summed E-state index contributed by atoms with van der Waals surface area (Å²) in [7, 11) is 1.33. The lowest BCUT2D eigenvalue weighted by molar-refractivity contribution is -0.140. The number of pyridine rings is 1. The third-order valence-corrected chi connectivity index (χ3v) is 5.64. The molecule has 0 aliphatic heterocycles. The molecule has 148 valence electrons. The molecule has 0 saturated carbocycles. The Balaban J connectivity index is 1.66. The van der Waals surface area contributed by atoms with E-state index in [2.05, 4.69) is 9.97 Å². The summed E-state index contributed by atoms with van der Waals surface area (Å²) in [5.41, 5.74) is 2.07. The van der Waals surface area contributed by atoms with Crippen LogP contribution in [0.15, 0.2) is 58.7 Å². The van der Waals surface area contributed by atoms with Gasteiger partial charge in [-0.2, -0.15) is 0 Å². The van der Waals surface area contributed by atoms with Gasteiger partial charge in [0.15, 0.2) is 5.16 Å². The van der Waals surface area contributed by atoms with E-state index in [4.69, 9.17) is 16.3 Å². The Morgan fingerprint density at radius 1 is 1.17 bits per heavy atom. The number of thioether (sulfide) groups is 1. The van der Waals surface area contributed by atoms with Crippen LogP contribution >= 0.6 is 23.4 Å². The van der Waals surface area contributed by atoms with Gasteiger partial charge in [-0.25, -0.2) is 9.97 Å². The molecule has 3 aromatic heterocycles. The zero-order valence-corrected chi connectivity index (χ0v) is 17.1. The van der Waals surface area contributed by atoms with Crippen molar-refractivity contribution in [1.29, 1.82) is 0 Å². The van der Waals surface area contributed by atoms with Gasteiger partial charge in [-0.3, -0.25) is 14.2 Å². The molecule has 0 atom stereocenters. The second-order valence-electron chi connectivity index (χ2n) is 6.33. The summed E-state index contributed by atoms with van der Waals surface area (Å²) in [6, 6.07) is 10.8. The Morgan fingerprint density at radius 3 is 2.83 bits per heavy atom. The largest absolute Gasteiger partial charge is 0.469 e. The maximum Gasteiger partial charge on any atom is 0.307 e. The highest BCUT2D eigenvalue weighted by Crippen LogP contribution is 2.23. The van der Waals surface area contributed by atoms with Crippen LogP contribution in [0.4, 0.5) is 0 Å². The molecule has 1 aromatic carbocycles. The number of para-hydroxylation sites is 1. The molecule has 0 radical (unpaired) electrons. The maximum atomic E-state index is 13.0. The van der Waals surface area contributed by atoms with Gasteiger partial charge in [-0.15, -0.1) is 0 Å². The van der Waals surface area contributed by atoms with Gasteiger partial charge < -0.3 is 9.14 Å². The standard InChI is InChI=1S/C20H17ClN4O3S/c1-28-18(26)8-9-25-19(27)15-4-2-3-5-16(15)23-20(25)29-12-14-11-24-10-13(21)6-7-17(24)22-14/h2-7,10-11H,8-9,12H2,1H3. The monoisotopic (exact) mass is 428 g/mol. The Hall–Kier alpha value is -2.84. The third kappa shape index (κ3) is 4.13. The number of carbonyl (C=O) groups excluding carboxylic acids is 1. The van der Waals surface area contributed by atoms with Crippen molar-refractivity contribution in [1.82, 2.24) is 18.9 Å². The topological polar surface area (TPSA) is 78.5 Å². The number of halogens is 1. The molecule has 0 unspecified atom stereocenters. The first-order valence-electron chi connectivity index (χ1n) is 8.87. The molecule has 9 heteroatoms. The molecular formula is C20H17ClN4O3S. The molecule has 7 nitrogen and oxygen atoms in total. The summed E-state index contributed by atoms with van der Waals surface area (Å²) < 4.78 is 8.09. The maximum absolute atomic E-state index is 13.0. The van der Waals surface area contributed by atoms with E-state index in [-0.39, 0.29) is 24.5 Å². The first-order chi connectivity index (χ1) is 14.0. The van der Waals surface area contributed by atoms with Crippen molar-refractivity contribution in [2.75, 3.05) is 7.11 Å². The summed E-state index contributed by atoms with van der Waals surface area (Å²) in [6.45, 7) is 0.201. The lowest BCUT2D eigenvalue weighted by atomic mass is 10.2. The number of hydrogen-bond donors (Lipinski definition) is 0. The number of rotatable bonds is 6. The van der Waals surface area contributed by atoms with Crippen LogP contribution in [0.2, 0.25) is 5.02 Å². The van der Waals surface area contributed by atoms with Crippen molar-refractivity contribution in [2.24, 2.45) is 0 Å². The summed E-state index contributed by atoms with van der Waals surface area (Å²) in [5.74, 6) is 0.140. The van der Waals surface area contributed by atoms with Gasteiger partial charge in [0.25, 0.3) is 5.56 Å². The Kier molecular flexibility index (Phi) is 5.55. The summed E-state index contributed by atoms with van der Waals surface area (Å²) in [6.07, 6.45) is 3.78. The van der Waals surface area contributed by atoms with E-state index < -0.39 is 0 Å². The average Bonchev–Trinajstić information content (AvgIpc) is 3.13. The van der Waals surface area contributed by atoms with E-state index in [1.165, 1.54) is 23.4 Å². The molecule has 0 fully saturated rings. The fraction of sp³-hybridized carbons (Fsp3) is 0.200. The van der Waals surface area contributed by atoms with E-state index in [1.54, 1.807) is 30.5 Å². The first-order valence-corrected chi connectivity index (χ1v) is 10.2. The third-order valence-electron chi connectivity index (χ3n) is 4.41. The number of aromatic nitrogens is 4. The Morgan fingerprint density at radius 2 is 2.00 bits per heavy atom. The van der Waals surface area contributed by atoms with E-state index in [1.807, 2.05) is 22.7 Å². The highest BCUT2D eigenvalue weighted by molar-refractivity contribution is 7.98. The second-order valence-corrected chi connectivity index (χ2v) is 7.71. The zero-order valence-electron chi connectivity index (χ0n) is 15.5. The highest BCUT2D eigenvalue weighted by atomic mass is 35.5. The number of methoxy groups -OCH3 is 1. The summed E-state index contributed by atoms with van der Waals surface area (Å²) in [4.78, 5) is 33.8. The number of imidazole rings is 1. The number of hydrogen-bond acceptors (Lipinski definition) is 6. The minimum Gasteiger partial charge on any atom is -0.469 e. The molecule has 0 bridgehead atoms. The minimum absolute atomic E-state index is 0.0941. The summed E-state index contributed by atoms with van der Waals surface area (Å²) in [5, 5.41) is 1.68. The highest BCUT2D eigenvalue weighted by Gasteiger charge is 2.14. The zero-order chi connectivity index (χ0) is 20.4. The summed E-state index contributed by atoms with van der Waals surface area (Å²) >= 11 is 7.43. The minimum atomic E-state index is -0.377. The number of fused-ring (bicyclic) bond motifs is 2. The normalized spacial score (nSPS) is 11.2. The molecule has 0 amide bonds. The molecular weight excluding hydrogens is 412 g/mol. The molecule has 4 aromatic rings. The SMILES string of the molecule is COC(=O)CCn1c(SCc2cn3cc(Cl)ccc3n2)nc2ccccc2c1=O. The Bertz CT molecular complexity index is 1270. The first kappa shape index (κ1) is 19.5. The van der Waals surface area contributed by atoms with Crippen molar-refractivity contribution in [3.8, 4) is 0 Å². The van der Waals surface area contributed by atoms with E-state index >= 15 is 0 Å². The number of ether oxygens (including phenoxy) is 1. The molecule has 29 heavy (non-hydrogen) atoms. The van der Waals surface area contributed by atoms with Gasteiger partial charge in [0.2, 0.25) is 0 Å². The van der Waals surface area contributed by atoms with Crippen LogP contribution in [0, 0.1) is 0 Å². The van der Waals surface area contributed by atoms with Crippen molar-refractivity contribution in [3.63, 3.8) is 0 Å².